The van der Waals surface area contributed by atoms with Gasteiger partial charge >= 0.3 is 0 Å². The highest BCUT2D eigenvalue weighted by atomic mass is 16.2. The van der Waals surface area contributed by atoms with Gasteiger partial charge in [-0.15, -0.1) is 5.10 Å². The summed E-state index contributed by atoms with van der Waals surface area (Å²) in [5.74, 6) is 0.0795. The number of amides is 1. The van der Waals surface area contributed by atoms with Crippen LogP contribution in [0.4, 0.5) is 0 Å². The standard InChI is InChI=1S/C18H20N6O/c1-14(2)23(12-16-5-3-4-10-19-16)18(25)11-15-6-8-17(9-7-15)24-13-20-21-22-24/h3-10,13-14H,11-12H2,1-2H3. The molecule has 0 bridgehead atoms. The summed E-state index contributed by atoms with van der Waals surface area (Å²) in [4.78, 5) is 18.9. The molecule has 0 saturated heterocycles. The summed E-state index contributed by atoms with van der Waals surface area (Å²) in [6, 6.07) is 13.5. The third-order valence-electron chi connectivity index (χ3n) is 3.91. The van der Waals surface area contributed by atoms with Gasteiger partial charge in [-0.05, 0) is 54.1 Å². The van der Waals surface area contributed by atoms with E-state index in [0.717, 1.165) is 16.9 Å². The predicted octanol–water partition coefficient (Wildman–Crippen LogP) is 2.04. The number of rotatable bonds is 6. The SMILES string of the molecule is CC(C)N(Cc1ccccn1)C(=O)Cc1ccc(-n2cnnn2)cc1. The van der Waals surface area contributed by atoms with Gasteiger partial charge in [0.25, 0.3) is 0 Å². The molecule has 2 heterocycles. The second-order valence-electron chi connectivity index (χ2n) is 6.03. The predicted molar refractivity (Wildman–Crippen MR) is 92.8 cm³/mol. The topological polar surface area (TPSA) is 76.8 Å². The van der Waals surface area contributed by atoms with E-state index in [1.54, 1.807) is 10.9 Å². The molecule has 0 saturated carbocycles. The molecule has 0 aliphatic rings. The van der Waals surface area contributed by atoms with Gasteiger partial charge < -0.3 is 4.90 Å². The largest absolute Gasteiger partial charge is 0.334 e. The van der Waals surface area contributed by atoms with Crippen molar-refractivity contribution in [1.29, 1.82) is 0 Å². The lowest BCUT2D eigenvalue weighted by molar-refractivity contribution is -0.132. The lowest BCUT2D eigenvalue weighted by Gasteiger charge is -2.26. The van der Waals surface area contributed by atoms with Gasteiger partial charge in [0.2, 0.25) is 5.91 Å². The number of hydrogen-bond acceptors (Lipinski definition) is 5. The quantitative estimate of drug-likeness (QED) is 0.688. The van der Waals surface area contributed by atoms with Crippen molar-refractivity contribution in [2.24, 2.45) is 0 Å². The van der Waals surface area contributed by atoms with Crippen LogP contribution >= 0.6 is 0 Å². The van der Waals surface area contributed by atoms with Crippen LogP contribution in [-0.4, -0.2) is 42.0 Å². The first-order valence-electron chi connectivity index (χ1n) is 8.15. The molecule has 7 heteroatoms. The molecule has 1 aromatic carbocycles. The van der Waals surface area contributed by atoms with Crippen molar-refractivity contribution in [2.45, 2.75) is 32.9 Å². The van der Waals surface area contributed by atoms with Crippen molar-refractivity contribution in [3.8, 4) is 5.69 Å². The highest BCUT2D eigenvalue weighted by Crippen LogP contribution is 2.12. The number of carbonyl (C=O) groups is 1. The average molecular weight is 336 g/mol. The molecule has 128 valence electrons. The number of nitrogens with zero attached hydrogens (tertiary/aromatic N) is 6. The van der Waals surface area contributed by atoms with E-state index in [1.165, 1.54) is 6.33 Å². The van der Waals surface area contributed by atoms with Crippen LogP contribution in [-0.2, 0) is 17.8 Å². The fourth-order valence-electron chi connectivity index (χ4n) is 2.55. The van der Waals surface area contributed by atoms with E-state index >= 15 is 0 Å². The fraction of sp³-hybridized carbons (Fsp3) is 0.278. The van der Waals surface area contributed by atoms with Crippen molar-refractivity contribution >= 4 is 5.91 Å². The van der Waals surface area contributed by atoms with Crippen LogP contribution in [0.15, 0.2) is 55.0 Å². The zero-order valence-electron chi connectivity index (χ0n) is 14.3. The van der Waals surface area contributed by atoms with E-state index in [9.17, 15) is 4.79 Å². The Balaban J connectivity index is 1.68. The highest BCUT2D eigenvalue weighted by molar-refractivity contribution is 5.79. The van der Waals surface area contributed by atoms with Crippen LogP contribution < -0.4 is 0 Å². The van der Waals surface area contributed by atoms with E-state index in [-0.39, 0.29) is 11.9 Å². The summed E-state index contributed by atoms with van der Waals surface area (Å²) in [6.45, 7) is 4.54. The third-order valence-corrected chi connectivity index (χ3v) is 3.91. The number of benzene rings is 1. The third kappa shape index (κ3) is 4.26. The maximum atomic E-state index is 12.7. The summed E-state index contributed by atoms with van der Waals surface area (Å²) in [6.07, 6.45) is 3.63. The van der Waals surface area contributed by atoms with Crippen molar-refractivity contribution in [3.63, 3.8) is 0 Å². The van der Waals surface area contributed by atoms with E-state index in [4.69, 9.17) is 0 Å². The molecule has 7 nitrogen and oxygen atoms in total. The summed E-state index contributed by atoms with van der Waals surface area (Å²) in [5, 5.41) is 11.1. The Hall–Kier alpha value is -3.09. The molecular formula is C18H20N6O. The van der Waals surface area contributed by atoms with Gasteiger partial charge in [0.15, 0.2) is 0 Å². The van der Waals surface area contributed by atoms with E-state index in [2.05, 4.69) is 20.5 Å². The summed E-state index contributed by atoms with van der Waals surface area (Å²) >= 11 is 0. The zero-order chi connectivity index (χ0) is 17.6. The molecular weight excluding hydrogens is 316 g/mol. The first kappa shape index (κ1) is 16.8. The van der Waals surface area contributed by atoms with Gasteiger partial charge in [-0.25, -0.2) is 4.68 Å². The molecule has 1 amide bonds. The van der Waals surface area contributed by atoms with Gasteiger partial charge in [0.05, 0.1) is 24.3 Å². The second-order valence-corrected chi connectivity index (χ2v) is 6.03. The first-order valence-corrected chi connectivity index (χ1v) is 8.15. The van der Waals surface area contributed by atoms with Gasteiger partial charge in [-0.2, -0.15) is 0 Å². The monoisotopic (exact) mass is 336 g/mol. The molecule has 0 atom stereocenters. The van der Waals surface area contributed by atoms with Gasteiger partial charge in [-0.1, -0.05) is 18.2 Å². The summed E-state index contributed by atoms with van der Waals surface area (Å²) in [7, 11) is 0. The number of hydrogen-bond donors (Lipinski definition) is 0. The van der Waals surface area contributed by atoms with Crippen LogP contribution in [0.3, 0.4) is 0 Å². The number of pyridine rings is 1. The van der Waals surface area contributed by atoms with Crippen molar-refractivity contribution < 1.29 is 4.79 Å². The normalized spacial score (nSPS) is 10.8. The molecule has 3 rings (SSSR count). The Kier molecular flexibility index (Phi) is 5.13. The lowest BCUT2D eigenvalue weighted by Crippen LogP contribution is -2.37. The van der Waals surface area contributed by atoms with Crippen LogP contribution in [0.25, 0.3) is 5.69 Å². The Labute approximate surface area is 146 Å². The van der Waals surface area contributed by atoms with E-state index < -0.39 is 0 Å². The lowest BCUT2D eigenvalue weighted by atomic mass is 10.1. The van der Waals surface area contributed by atoms with Crippen LogP contribution in [0.2, 0.25) is 0 Å². The molecule has 0 unspecified atom stereocenters. The van der Waals surface area contributed by atoms with Gasteiger partial charge in [0.1, 0.15) is 6.33 Å². The number of carbonyl (C=O) groups excluding carboxylic acids is 1. The first-order chi connectivity index (χ1) is 12.1. The van der Waals surface area contributed by atoms with Crippen LogP contribution in [0.1, 0.15) is 25.1 Å². The molecule has 25 heavy (non-hydrogen) atoms. The minimum absolute atomic E-state index is 0.0795. The molecule has 0 radical (unpaired) electrons. The number of aromatic nitrogens is 5. The Bertz CT molecular complexity index is 799. The molecule has 0 N–H and O–H groups in total. The molecule has 0 spiro atoms. The Morgan fingerprint density at radius 3 is 2.56 bits per heavy atom. The zero-order valence-corrected chi connectivity index (χ0v) is 14.3. The summed E-state index contributed by atoms with van der Waals surface area (Å²) < 4.78 is 1.58. The minimum Gasteiger partial charge on any atom is -0.334 e. The molecule has 0 aliphatic heterocycles. The maximum absolute atomic E-state index is 12.7. The van der Waals surface area contributed by atoms with E-state index in [1.807, 2.05) is 61.2 Å². The Morgan fingerprint density at radius 1 is 1.16 bits per heavy atom. The maximum Gasteiger partial charge on any atom is 0.227 e. The molecule has 3 aromatic rings. The van der Waals surface area contributed by atoms with Crippen molar-refractivity contribution in [2.75, 3.05) is 0 Å². The Morgan fingerprint density at radius 2 is 1.96 bits per heavy atom. The van der Waals surface area contributed by atoms with Crippen LogP contribution in [0.5, 0.6) is 0 Å². The van der Waals surface area contributed by atoms with Gasteiger partial charge in [0, 0.05) is 12.2 Å². The average Bonchev–Trinajstić information content (AvgIpc) is 3.15. The molecule has 0 fully saturated rings. The van der Waals surface area contributed by atoms with Crippen LogP contribution in [0, 0.1) is 0 Å². The minimum atomic E-state index is 0.0795. The number of tetrazole rings is 1. The molecule has 0 aliphatic carbocycles. The highest BCUT2D eigenvalue weighted by Gasteiger charge is 2.18. The second kappa shape index (κ2) is 7.65. The summed E-state index contributed by atoms with van der Waals surface area (Å²) in [5.41, 5.74) is 2.70. The van der Waals surface area contributed by atoms with Crippen molar-refractivity contribution in [1.82, 2.24) is 30.1 Å². The molecule has 2 aromatic heterocycles. The van der Waals surface area contributed by atoms with Crippen molar-refractivity contribution in [3.05, 3.63) is 66.2 Å². The van der Waals surface area contributed by atoms with Gasteiger partial charge in [-0.3, -0.25) is 9.78 Å². The van der Waals surface area contributed by atoms with E-state index in [0.29, 0.717) is 13.0 Å². The smallest absolute Gasteiger partial charge is 0.227 e. The fourth-order valence-corrected chi connectivity index (χ4v) is 2.55.